The highest BCUT2D eigenvalue weighted by atomic mass is 16.7. The molecule has 0 aromatic rings. The van der Waals surface area contributed by atoms with Gasteiger partial charge in [0, 0.05) is 38.9 Å². The molecule has 0 N–H and O–H groups in total. The van der Waals surface area contributed by atoms with Crippen molar-refractivity contribution in [2.45, 2.75) is 64.9 Å². The number of imide groups is 1. The Morgan fingerprint density at radius 3 is 2.22 bits per heavy atom. The molecule has 9 heteroatoms. The standard InChI is InChI=1S/C18H29NO8/c1-3-10-24-12-14(25-11-4-2)13-26-17(22)6-5-7-18(23)27-19-15(20)8-9-16(19)21/h14H,3-13H2,1-2H3. The highest BCUT2D eigenvalue weighted by Crippen LogP contribution is 2.13. The molecule has 1 fully saturated rings. The fourth-order valence-corrected chi connectivity index (χ4v) is 2.23. The van der Waals surface area contributed by atoms with Gasteiger partial charge in [0.2, 0.25) is 0 Å². The molecule has 0 aromatic heterocycles. The monoisotopic (exact) mass is 387 g/mol. The molecule has 27 heavy (non-hydrogen) atoms. The van der Waals surface area contributed by atoms with Gasteiger partial charge < -0.3 is 19.0 Å². The van der Waals surface area contributed by atoms with Crippen LogP contribution < -0.4 is 0 Å². The molecule has 0 saturated carbocycles. The Morgan fingerprint density at radius 1 is 0.963 bits per heavy atom. The second-order valence-electron chi connectivity index (χ2n) is 6.15. The van der Waals surface area contributed by atoms with Crippen LogP contribution in [0.3, 0.4) is 0 Å². The molecule has 1 heterocycles. The summed E-state index contributed by atoms with van der Waals surface area (Å²) in [6, 6.07) is 0. The van der Waals surface area contributed by atoms with Gasteiger partial charge in [-0.15, -0.1) is 5.06 Å². The zero-order valence-corrected chi connectivity index (χ0v) is 16.1. The van der Waals surface area contributed by atoms with Gasteiger partial charge in [-0.2, -0.15) is 0 Å². The van der Waals surface area contributed by atoms with Crippen LogP contribution in [-0.2, 0) is 38.2 Å². The van der Waals surface area contributed by atoms with Crippen LogP contribution in [0, 0.1) is 0 Å². The van der Waals surface area contributed by atoms with E-state index in [4.69, 9.17) is 19.0 Å². The Morgan fingerprint density at radius 2 is 1.59 bits per heavy atom. The largest absolute Gasteiger partial charge is 0.463 e. The molecule has 2 amide bonds. The topological polar surface area (TPSA) is 108 Å². The number of amides is 2. The lowest BCUT2D eigenvalue weighted by atomic mass is 10.2. The van der Waals surface area contributed by atoms with Crippen LogP contribution in [0.25, 0.3) is 0 Å². The van der Waals surface area contributed by atoms with E-state index in [1.54, 1.807) is 0 Å². The first kappa shape index (κ1) is 23.0. The van der Waals surface area contributed by atoms with E-state index < -0.39 is 23.8 Å². The number of carbonyl (C=O) groups is 4. The Balaban J connectivity index is 2.21. The number of esters is 1. The van der Waals surface area contributed by atoms with Crippen molar-refractivity contribution in [1.82, 2.24) is 5.06 Å². The Hall–Kier alpha value is -2.00. The Labute approximate surface area is 159 Å². The molecule has 0 aliphatic carbocycles. The maximum atomic E-state index is 11.8. The number of nitrogens with zero attached hydrogens (tertiary/aromatic N) is 1. The summed E-state index contributed by atoms with van der Waals surface area (Å²) in [5.74, 6) is -2.26. The van der Waals surface area contributed by atoms with Gasteiger partial charge in [-0.05, 0) is 19.3 Å². The molecule has 1 atom stereocenters. The zero-order valence-electron chi connectivity index (χ0n) is 16.1. The maximum absolute atomic E-state index is 11.8. The predicted octanol–water partition coefficient (Wildman–Crippen LogP) is 1.53. The first-order valence-electron chi connectivity index (χ1n) is 9.39. The highest BCUT2D eigenvalue weighted by molar-refractivity contribution is 6.01. The van der Waals surface area contributed by atoms with Crippen LogP contribution in [0.1, 0.15) is 58.8 Å². The molecule has 1 rings (SSSR count). The van der Waals surface area contributed by atoms with Crippen molar-refractivity contribution in [2.75, 3.05) is 26.4 Å². The first-order valence-corrected chi connectivity index (χ1v) is 9.39. The fourth-order valence-electron chi connectivity index (χ4n) is 2.23. The molecule has 1 aliphatic rings. The summed E-state index contributed by atoms with van der Waals surface area (Å²) in [5.41, 5.74) is 0. The number of hydrogen-bond acceptors (Lipinski definition) is 8. The van der Waals surface area contributed by atoms with Crippen molar-refractivity contribution in [2.24, 2.45) is 0 Å². The summed E-state index contributed by atoms with van der Waals surface area (Å²) >= 11 is 0. The molecular weight excluding hydrogens is 358 g/mol. The van der Waals surface area contributed by atoms with E-state index in [0.717, 1.165) is 12.8 Å². The van der Waals surface area contributed by atoms with Crippen molar-refractivity contribution in [1.29, 1.82) is 0 Å². The molecule has 1 unspecified atom stereocenters. The second kappa shape index (κ2) is 13.2. The SMILES string of the molecule is CCCOCC(COC(=O)CCCC(=O)ON1C(=O)CCC1=O)OCCC. The van der Waals surface area contributed by atoms with Crippen molar-refractivity contribution in [3.05, 3.63) is 0 Å². The number of hydroxylamine groups is 2. The van der Waals surface area contributed by atoms with E-state index in [1.807, 2.05) is 13.8 Å². The summed E-state index contributed by atoms with van der Waals surface area (Å²) in [4.78, 5) is 50.9. The van der Waals surface area contributed by atoms with Gasteiger partial charge in [-0.25, -0.2) is 4.79 Å². The van der Waals surface area contributed by atoms with Crippen molar-refractivity contribution < 1.29 is 38.2 Å². The third-order valence-corrected chi connectivity index (χ3v) is 3.60. The van der Waals surface area contributed by atoms with Crippen LogP contribution in [-0.4, -0.2) is 61.3 Å². The molecule has 0 radical (unpaired) electrons. The molecular formula is C18H29NO8. The number of hydrogen-bond donors (Lipinski definition) is 0. The summed E-state index contributed by atoms with van der Waals surface area (Å²) in [7, 11) is 0. The summed E-state index contributed by atoms with van der Waals surface area (Å²) in [6.07, 6.45) is 1.63. The lowest BCUT2D eigenvalue weighted by Gasteiger charge is -2.17. The van der Waals surface area contributed by atoms with Crippen LogP contribution in [0.4, 0.5) is 0 Å². The average molecular weight is 387 g/mol. The van der Waals surface area contributed by atoms with E-state index in [-0.39, 0.29) is 44.8 Å². The lowest BCUT2D eigenvalue weighted by molar-refractivity contribution is -0.197. The fraction of sp³-hybridized carbons (Fsp3) is 0.778. The minimum absolute atomic E-state index is 0.0211. The van der Waals surface area contributed by atoms with Gasteiger partial charge in [-0.1, -0.05) is 13.8 Å². The average Bonchev–Trinajstić information content (AvgIpc) is 2.95. The molecule has 9 nitrogen and oxygen atoms in total. The number of ether oxygens (including phenoxy) is 3. The Bertz CT molecular complexity index is 492. The second-order valence-corrected chi connectivity index (χ2v) is 6.15. The molecule has 0 bridgehead atoms. The van der Waals surface area contributed by atoms with Gasteiger partial charge in [-0.3, -0.25) is 14.4 Å². The minimum atomic E-state index is -0.733. The zero-order chi connectivity index (χ0) is 20.1. The third-order valence-electron chi connectivity index (χ3n) is 3.60. The normalized spacial score (nSPS) is 15.1. The third kappa shape index (κ3) is 9.48. The Kier molecular flexibility index (Phi) is 11.3. The lowest BCUT2D eigenvalue weighted by Crippen LogP contribution is -2.32. The van der Waals surface area contributed by atoms with Crippen LogP contribution in [0.2, 0.25) is 0 Å². The van der Waals surface area contributed by atoms with Crippen molar-refractivity contribution in [3.63, 3.8) is 0 Å². The number of carbonyl (C=O) groups excluding carboxylic acids is 4. The van der Waals surface area contributed by atoms with Crippen LogP contribution in [0.15, 0.2) is 0 Å². The summed E-state index contributed by atoms with van der Waals surface area (Å²) in [5, 5.41) is 0.493. The highest BCUT2D eigenvalue weighted by Gasteiger charge is 2.32. The van der Waals surface area contributed by atoms with E-state index in [0.29, 0.717) is 24.9 Å². The van der Waals surface area contributed by atoms with E-state index in [1.165, 1.54) is 0 Å². The van der Waals surface area contributed by atoms with Gasteiger partial charge >= 0.3 is 11.9 Å². The van der Waals surface area contributed by atoms with Gasteiger partial charge in [0.25, 0.3) is 11.8 Å². The summed E-state index contributed by atoms with van der Waals surface area (Å²) < 4.78 is 16.2. The van der Waals surface area contributed by atoms with Gasteiger partial charge in [0.15, 0.2) is 0 Å². The molecule has 1 saturated heterocycles. The van der Waals surface area contributed by atoms with Gasteiger partial charge in [0.1, 0.15) is 12.7 Å². The van der Waals surface area contributed by atoms with Gasteiger partial charge in [0.05, 0.1) is 6.61 Å². The first-order chi connectivity index (χ1) is 13.0. The quantitative estimate of drug-likeness (QED) is 0.251. The molecule has 1 aliphatic heterocycles. The predicted molar refractivity (Wildman–Crippen MR) is 93.1 cm³/mol. The molecule has 154 valence electrons. The van der Waals surface area contributed by atoms with Crippen LogP contribution >= 0.6 is 0 Å². The number of rotatable bonds is 14. The van der Waals surface area contributed by atoms with Crippen LogP contribution in [0.5, 0.6) is 0 Å². The van der Waals surface area contributed by atoms with E-state index in [2.05, 4.69) is 0 Å². The molecule has 0 aromatic carbocycles. The maximum Gasteiger partial charge on any atom is 0.333 e. The van der Waals surface area contributed by atoms with Crippen molar-refractivity contribution in [3.8, 4) is 0 Å². The van der Waals surface area contributed by atoms with E-state index >= 15 is 0 Å². The minimum Gasteiger partial charge on any atom is -0.463 e. The molecule has 0 spiro atoms. The smallest absolute Gasteiger partial charge is 0.333 e. The summed E-state index contributed by atoms with van der Waals surface area (Å²) in [6.45, 7) is 5.59. The van der Waals surface area contributed by atoms with Crippen molar-refractivity contribution >= 4 is 23.8 Å². The van der Waals surface area contributed by atoms with E-state index in [9.17, 15) is 19.2 Å².